The molecule has 0 unspecified atom stereocenters. The number of allylic oxidation sites excluding steroid dienone is 1. The zero-order chi connectivity index (χ0) is 18.8. The van der Waals surface area contributed by atoms with Gasteiger partial charge in [-0.2, -0.15) is 0 Å². The van der Waals surface area contributed by atoms with Gasteiger partial charge in [0.25, 0.3) is 0 Å². The lowest BCUT2D eigenvalue weighted by Gasteiger charge is -2.15. The molecule has 0 spiro atoms. The fraction of sp³-hybridized carbons (Fsp3) is 0.0455. The fourth-order valence-electron chi connectivity index (χ4n) is 3.08. The van der Waals surface area contributed by atoms with Crippen LogP contribution in [0.2, 0.25) is 0 Å². The lowest BCUT2D eigenvalue weighted by Crippen LogP contribution is -2.00. The van der Waals surface area contributed by atoms with Crippen LogP contribution in [0.25, 0.3) is 27.4 Å². The van der Waals surface area contributed by atoms with Crippen molar-refractivity contribution in [3.8, 4) is 0 Å². The maximum absolute atomic E-state index is 13.4. The maximum atomic E-state index is 13.4. The van der Waals surface area contributed by atoms with Crippen molar-refractivity contribution in [3.05, 3.63) is 95.3 Å². The molecule has 2 heterocycles. The Labute approximate surface area is 160 Å². The number of hydrogen-bond acceptors (Lipinski definition) is 4. The highest BCUT2D eigenvalue weighted by atomic mass is 32.1. The van der Waals surface area contributed by atoms with Crippen LogP contribution in [-0.2, 0) is 0 Å². The first-order valence-corrected chi connectivity index (χ1v) is 9.29. The summed E-state index contributed by atoms with van der Waals surface area (Å²) in [6.45, 7) is 5.89. The summed E-state index contributed by atoms with van der Waals surface area (Å²) in [5, 5.41) is 0. The molecular formula is C22H16FN3S. The number of benzene rings is 2. The van der Waals surface area contributed by atoms with Gasteiger partial charge in [-0.15, -0.1) is 11.3 Å². The van der Waals surface area contributed by atoms with Gasteiger partial charge < -0.3 is 0 Å². The second-order valence-electron chi connectivity index (χ2n) is 6.04. The van der Waals surface area contributed by atoms with Crippen molar-refractivity contribution in [2.75, 3.05) is 0 Å². The number of halogens is 1. The molecule has 0 bridgehead atoms. The Morgan fingerprint density at radius 3 is 2.52 bits per heavy atom. The predicted molar refractivity (Wildman–Crippen MR) is 110 cm³/mol. The topological polar surface area (TPSA) is 38.7 Å². The smallest absolute Gasteiger partial charge is 0.123 e. The Kier molecular flexibility index (Phi) is 4.60. The van der Waals surface area contributed by atoms with Crippen molar-refractivity contribution in [1.82, 2.24) is 15.0 Å². The molecule has 0 aliphatic heterocycles. The first kappa shape index (κ1) is 17.2. The molecule has 0 atom stereocenters. The van der Waals surface area contributed by atoms with Gasteiger partial charge >= 0.3 is 0 Å². The van der Waals surface area contributed by atoms with Crippen molar-refractivity contribution in [2.45, 2.75) is 6.92 Å². The Morgan fingerprint density at radius 1 is 1.00 bits per heavy atom. The van der Waals surface area contributed by atoms with Gasteiger partial charge in [0, 0.05) is 18.0 Å². The zero-order valence-electron chi connectivity index (χ0n) is 14.7. The minimum atomic E-state index is -0.259. The van der Waals surface area contributed by atoms with Gasteiger partial charge in [-0.05, 0) is 54.0 Å². The van der Waals surface area contributed by atoms with Crippen LogP contribution < -0.4 is 0 Å². The van der Waals surface area contributed by atoms with Crippen molar-refractivity contribution in [1.29, 1.82) is 0 Å². The summed E-state index contributed by atoms with van der Waals surface area (Å²) in [5.41, 5.74) is 8.13. The molecule has 2 aromatic heterocycles. The summed E-state index contributed by atoms with van der Waals surface area (Å²) in [5.74, 6) is -0.259. The van der Waals surface area contributed by atoms with Gasteiger partial charge in [0.1, 0.15) is 5.82 Å². The summed E-state index contributed by atoms with van der Waals surface area (Å²) in [6, 6.07) is 12.6. The van der Waals surface area contributed by atoms with Gasteiger partial charge in [0.05, 0.1) is 27.1 Å². The van der Waals surface area contributed by atoms with E-state index >= 15 is 0 Å². The summed E-state index contributed by atoms with van der Waals surface area (Å²) in [6.07, 6.45) is 5.02. The summed E-state index contributed by atoms with van der Waals surface area (Å²) in [7, 11) is 0. The molecule has 27 heavy (non-hydrogen) atoms. The maximum Gasteiger partial charge on any atom is 0.123 e. The van der Waals surface area contributed by atoms with Gasteiger partial charge in [-0.3, -0.25) is 9.97 Å². The molecule has 0 saturated carbocycles. The molecule has 3 nitrogen and oxygen atoms in total. The SMILES string of the molecule is C=Cc1nccnc1/C(=C(\C)c1ccc(F)cc1)c1ccc2ncsc2c1. The third-order valence-corrected chi connectivity index (χ3v) is 5.22. The highest BCUT2D eigenvalue weighted by molar-refractivity contribution is 7.16. The monoisotopic (exact) mass is 373 g/mol. The van der Waals surface area contributed by atoms with E-state index < -0.39 is 0 Å². The summed E-state index contributed by atoms with van der Waals surface area (Å²) < 4.78 is 14.5. The van der Waals surface area contributed by atoms with Crippen LogP contribution in [0, 0.1) is 5.82 Å². The number of rotatable bonds is 4. The third kappa shape index (κ3) is 3.29. The van der Waals surface area contributed by atoms with Gasteiger partial charge in [0.15, 0.2) is 0 Å². The number of nitrogens with zero attached hydrogens (tertiary/aromatic N) is 3. The lowest BCUT2D eigenvalue weighted by atomic mass is 9.92. The van der Waals surface area contributed by atoms with Crippen LogP contribution in [0.1, 0.15) is 29.4 Å². The van der Waals surface area contributed by atoms with E-state index in [0.29, 0.717) is 5.69 Å². The van der Waals surface area contributed by atoms with Crippen LogP contribution in [0.5, 0.6) is 0 Å². The van der Waals surface area contributed by atoms with Crippen LogP contribution in [0.3, 0.4) is 0 Å². The molecule has 0 fully saturated rings. The highest BCUT2D eigenvalue weighted by Gasteiger charge is 2.16. The van der Waals surface area contributed by atoms with Gasteiger partial charge in [0.2, 0.25) is 0 Å². The molecule has 0 aliphatic rings. The molecule has 4 rings (SSSR count). The first-order chi connectivity index (χ1) is 13.2. The molecule has 0 saturated heterocycles. The van der Waals surface area contributed by atoms with E-state index in [1.54, 1.807) is 41.9 Å². The van der Waals surface area contributed by atoms with Gasteiger partial charge in [-0.25, -0.2) is 9.37 Å². The van der Waals surface area contributed by atoms with Crippen LogP contribution in [-0.4, -0.2) is 15.0 Å². The second-order valence-corrected chi connectivity index (χ2v) is 6.92. The average molecular weight is 373 g/mol. The minimum absolute atomic E-state index is 0.259. The van der Waals surface area contributed by atoms with E-state index in [9.17, 15) is 4.39 Å². The number of aromatic nitrogens is 3. The van der Waals surface area contributed by atoms with E-state index in [-0.39, 0.29) is 5.82 Å². The van der Waals surface area contributed by atoms with Gasteiger partial charge in [-0.1, -0.05) is 24.8 Å². The van der Waals surface area contributed by atoms with Crippen molar-refractivity contribution < 1.29 is 4.39 Å². The predicted octanol–water partition coefficient (Wildman–Crippen LogP) is 5.85. The highest BCUT2D eigenvalue weighted by Crippen LogP contribution is 2.34. The summed E-state index contributed by atoms with van der Waals surface area (Å²) in [4.78, 5) is 13.3. The molecular weight excluding hydrogens is 357 g/mol. The lowest BCUT2D eigenvalue weighted by molar-refractivity contribution is 0.627. The van der Waals surface area contributed by atoms with Crippen molar-refractivity contribution >= 4 is 38.8 Å². The van der Waals surface area contributed by atoms with Crippen molar-refractivity contribution in [3.63, 3.8) is 0 Å². The van der Waals surface area contributed by atoms with E-state index in [1.165, 1.54) is 12.1 Å². The minimum Gasteiger partial charge on any atom is -0.253 e. The fourth-order valence-corrected chi connectivity index (χ4v) is 3.79. The number of thiazole rings is 1. The largest absolute Gasteiger partial charge is 0.253 e. The van der Waals surface area contributed by atoms with E-state index in [0.717, 1.165) is 38.2 Å². The van der Waals surface area contributed by atoms with E-state index in [4.69, 9.17) is 0 Å². The number of fused-ring (bicyclic) bond motifs is 1. The Morgan fingerprint density at radius 2 is 1.74 bits per heavy atom. The quantitative estimate of drug-likeness (QED) is 0.421. The molecule has 0 radical (unpaired) electrons. The summed E-state index contributed by atoms with van der Waals surface area (Å²) >= 11 is 1.59. The van der Waals surface area contributed by atoms with E-state index in [1.807, 2.05) is 24.6 Å². The first-order valence-electron chi connectivity index (χ1n) is 8.41. The Bertz CT molecular complexity index is 1160. The number of hydrogen-bond donors (Lipinski definition) is 0. The molecule has 5 heteroatoms. The van der Waals surface area contributed by atoms with Crippen LogP contribution in [0.4, 0.5) is 4.39 Å². The standard InChI is InChI=1S/C22H16FN3S/c1-3-18-22(25-11-10-24-18)21(14(2)15-4-7-17(23)8-5-15)16-6-9-19-20(12-16)27-13-26-19/h3-13H,1H2,2H3/b21-14+. The molecule has 0 amide bonds. The second kappa shape index (κ2) is 7.21. The van der Waals surface area contributed by atoms with E-state index in [2.05, 4.69) is 27.6 Å². The molecule has 4 aromatic rings. The molecule has 2 aromatic carbocycles. The third-order valence-electron chi connectivity index (χ3n) is 4.43. The molecule has 132 valence electrons. The molecule has 0 N–H and O–H groups in total. The Hall–Kier alpha value is -3.18. The molecule has 0 aliphatic carbocycles. The zero-order valence-corrected chi connectivity index (χ0v) is 15.5. The average Bonchev–Trinajstić information content (AvgIpc) is 3.17. The normalized spacial score (nSPS) is 12.1. The van der Waals surface area contributed by atoms with Crippen LogP contribution >= 0.6 is 11.3 Å². The Balaban J connectivity index is 2.01. The van der Waals surface area contributed by atoms with Crippen LogP contribution in [0.15, 0.2) is 66.9 Å². The van der Waals surface area contributed by atoms with Crippen molar-refractivity contribution in [2.24, 2.45) is 0 Å².